The van der Waals surface area contributed by atoms with Crippen LogP contribution in [0.1, 0.15) is 24.0 Å². The second kappa shape index (κ2) is 10.9. The third kappa shape index (κ3) is 5.18. The minimum atomic E-state index is -0.865. The fourth-order valence-electron chi connectivity index (χ4n) is 4.89. The van der Waals surface area contributed by atoms with E-state index < -0.39 is 5.54 Å². The zero-order valence-corrected chi connectivity index (χ0v) is 20.6. The summed E-state index contributed by atoms with van der Waals surface area (Å²) in [7, 11) is 4.82. The fraction of sp³-hybridized carbons (Fsp3) is 0.407. The summed E-state index contributed by atoms with van der Waals surface area (Å²) < 4.78 is 16.1. The van der Waals surface area contributed by atoms with Crippen LogP contribution < -0.4 is 9.47 Å². The van der Waals surface area contributed by atoms with Crippen molar-refractivity contribution in [3.8, 4) is 11.5 Å². The smallest absolute Gasteiger partial charge is 0.329 e. The van der Waals surface area contributed by atoms with E-state index in [2.05, 4.69) is 4.90 Å². The highest BCUT2D eigenvalue weighted by atomic mass is 16.5. The lowest BCUT2D eigenvalue weighted by Gasteiger charge is -2.41. The third-order valence-electron chi connectivity index (χ3n) is 6.78. The van der Waals surface area contributed by atoms with Gasteiger partial charge in [-0.2, -0.15) is 0 Å². The summed E-state index contributed by atoms with van der Waals surface area (Å²) in [6, 6.07) is 15.4. The average molecular weight is 480 g/mol. The molecule has 0 aliphatic carbocycles. The van der Waals surface area contributed by atoms with Crippen molar-refractivity contribution in [3.63, 3.8) is 0 Å². The Morgan fingerprint density at radius 3 is 2.20 bits per heavy atom. The van der Waals surface area contributed by atoms with Crippen LogP contribution in [0, 0.1) is 0 Å². The summed E-state index contributed by atoms with van der Waals surface area (Å²) in [5, 5.41) is 0. The Morgan fingerprint density at radius 2 is 1.60 bits per heavy atom. The average Bonchev–Trinajstić information content (AvgIpc) is 3.07. The number of ether oxygens (including phenoxy) is 3. The Hall–Kier alpha value is -3.36. The summed E-state index contributed by atoms with van der Waals surface area (Å²) >= 11 is 0. The summed E-state index contributed by atoms with van der Waals surface area (Å²) in [6.07, 6.45) is 4.90. The second-order valence-corrected chi connectivity index (χ2v) is 8.89. The number of benzene rings is 2. The number of imide groups is 1. The van der Waals surface area contributed by atoms with E-state index in [0.717, 1.165) is 22.6 Å². The molecule has 2 fully saturated rings. The van der Waals surface area contributed by atoms with Crippen molar-refractivity contribution in [1.29, 1.82) is 0 Å². The first-order chi connectivity index (χ1) is 17.0. The van der Waals surface area contributed by atoms with E-state index in [0.29, 0.717) is 32.5 Å². The van der Waals surface area contributed by atoms with Crippen molar-refractivity contribution < 1.29 is 23.8 Å². The number of hydrogen-bond donors (Lipinski definition) is 0. The molecule has 2 saturated heterocycles. The fourth-order valence-corrected chi connectivity index (χ4v) is 4.89. The molecule has 0 saturated carbocycles. The number of carbonyl (C=O) groups is 2. The van der Waals surface area contributed by atoms with Crippen LogP contribution >= 0.6 is 0 Å². The summed E-state index contributed by atoms with van der Waals surface area (Å²) in [5.41, 5.74) is 1.24. The molecule has 0 bridgehead atoms. The molecule has 3 amide bonds. The Balaban J connectivity index is 1.45. The number of rotatable bonds is 9. The van der Waals surface area contributed by atoms with Crippen LogP contribution in [0.4, 0.5) is 4.79 Å². The van der Waals surface area contributed by atoms with E-state index in [4.69, 9.17) is 14.2 Å². The van der Waals surface area contributed by atoms with Crippen LogP contribution in [0.2, 0.25) is 0 Å². The third-order valence-corrected chi connectivity index (χ3v) is 6.78. The molecular weight excluding hydrogens is 446 g/mol. The zero-order valence-electron chi connectivity index (χ0n) is 20.6. The van der Waals surface area contributed by atoms with Gasteiger partial charge in [-0.3, -0.25) is 19.5 Å². The van der Waals surface area contributed by atoms with Gasteiger partial charge in [0.05, 0.1) is 14.2 Å². The van der Waals surface area contributed by atoms with Crippen LogP contribution in [0.5, 0.6) is 11.5 Å². The van der Waals surface area contributed by atoms with E-state index in [1.807, 2.05) is 60.7 Å². The van der Waals surface area contributed by atoms with Gasteiger partial charge >= 0.3 is 6.03 Å². The quantitative estimate of drug-likeness (QED) is 0.512. The van der Waals surface area contributed by atoms with Gasteiger partial charge in [-0.25, -0.2) is 4.79 Å². The molecule has 2 aliphatic rings. The van der Waals surface area contributed by atoms with Gasteiger partial charge < -0.3 is 14.2 Å². The standard InChI is InChI=1S/C27H33N3O5/c1-33-20-30-26(32)29(13-7-10-21-8-5-4-6-9-21)25(31)27(30)11-14-28(15-12-27)19-22-16-23(34-2)18-24(17-22)35-3/h4-10,16-18H,11-15,19-20H2,1-3H3. The number of amides is 3. The van der Waals surface area contributed by atoms with E-state index in [9.17, 15) is 9.59 Å². The van der Waals surface area contributed by atoms with Crippen LogP contribution in [-0.4, -0.2) is 79.9 Å². The molecule has 0 N–H and O–H groups in total. The van der Waals surface area contributed by atoms with Crippen molar-refractivity contribution in [2.24, 2.45) is 0 Å². The van der Waals surface area contributed by atoms with Crippen LogP contribution in [-0.2, 0) is 16.1 Å². The van der Waals surface area contributed by atoms with Gasteiger partial charge in [-0.1, -0.05) is 42.5 Å². The summed E-state index contributed by atoms with van der Waals surface area (Å²) in [4.78, 5) is 32.0. The number of carbonyl (C=O) groups excluding carboxylic acids is 2. The Labute approximate surface area is 206 Å². The molecule has 2 aromatic carbocycles. The highest BCUT2D eigenvalue weighted by Gasteiger charge is 2.57. The largest absolute Gasteiger partial charge is 0.497 e. The second-order valence-electron chi connectivity index (χ2n) is 8.89. The molecule has 0 unspecified atom stereocenters. The predicted molar refractivity (Wildman–Crippen MR) is 133 cm³/mol. The lowest BCUT2D eigenvalue weighted by molar-refractivity contribution is -0.137. The first-order valence-corrected chi connectivity index (χ1v) is 11.8. The van der Waals surface area contributed by atoms with E-state index in [1.165, 1.54) is 4.90 Å². The molecule has 8 nitrogen and oxygen atoms in total. The number of piperidine rings is 1. The SMILES string of the molecule is COCN1C(=O)N(CC=Cc2ccccc2)C(=O)C12CCN(Cc1cc(OC)cc(OC)c1)CC2. The molecule has 2 aliphatic heterocycles. The van der Waals surface area contributed by atoms with Crippen LogP contribution in [0.15, 0.2) is 54.6 Å². The van der Waals surface area contributed by atoms with Gasteiger partial charge in [-0.05, 0) is 36.1 Å². The first-order valence-electron chi connectivity index (χ1n) is 11.8. The van der Waals surface area contributed by atoms with Gasteiger partial charge in [0.2, 0.25) is 0 Å². The van der Waals surface area contributed by atoms with Crippen molar-refractivity contribution in [1.82, 2.24) is 14.7 Å². The van der Waals surface area contributed by atoms with Gasteiger partial charge in [0.25, 0.3) is 5.91 Å². The van der Waals surface area contributed by atoms with E-state index in [1.54, 1.807) is 26.2 Å². The summed E-state index contributed by atoms with van der Waals surface area (Å²) in [6.45, 7) is 2.41. The molecule has 0 radical (unpaired) electrons. The maximum Gasteiger partial charge on any atom is 0.329 e. The number of methoxy groups -OCH3 is 3. The molecule has 0 aromatic heterocycles. The van der Waals surface area contributed by atoms with Crippen LogP contribution in [0.3, 0.4) is 0 Å². The Morgan fingerprint density at radius 1 is 0.943 bits per heavy atom. The van der Waals surface area contributed by atoms with Gasteiger partial charge in [0.15, 0.2) is 0 Å². The van der Waals surface area contributed by atoms with Crippen molar-refractivity contribution in [3.05, 3.63) is 65.7 Å². The first kappa shape index (κ1) is 24.8. The molecule has 0 atom stereocenters. The van der Waals surface area contributed by atoms with Crippen molar-refractivity contribution >= 4 is 18.0 Å². The van der Waals surface area contributed by atoms with Crippen LogP contribution in [0.25, 0.3) is 6.08 Å². The number of nitrogens with zero attached hydrogens (tertiary/aromatic N) is 3. The molecule has 8 heteroatoms. The molecule has 186 valence electrons. The monoisotopic (exact) mass is 479 g/mol. The maximum absolute atomic E-state index is 13.6. The maximum atomic E-state index is 13.6. The predicted octanol–water partition coefficient (Wildman–Crippen LogP) is 3.62. The lowest BCUT2D eigenvalue weighted by Crippen LogP contribution is -2.56. The minimum absolute atomic E-state index is 0.0938. The number of urea groups is 1. The molecule has 35 heavy (non-hydrogen) atoms. The number of hydrogen-bond acceptors (Lipinski definition) is 6. The van der Waals surface area contributed by atoms with Gasteiger partial charge in [0, 0.05) is 39.4 Å². The Bertz CT molecular complexity index is 1040. The van der Waals surface area contributed by atoms with Gasteiger partial charge in [-0.15, -0.1) is 0 Å². The number of likely N-dealkylation sites (tertiary alicyclic amines) is 1. The minimum Gasteiger partial charge on any atom is -0.497 e. The van der Waals surface area contributed by atoms with E-state index >= 15 is 0 Å². The Kier molecular flexibility index (Phi) is 7.73. The normalized spacial score (nSPS) is 18.1. The zero-order chi connectivity index (χ0) is 24.8. The lowest BCUT2D eigenvalue weighted by atomic mass is 9.86. The van der Waals surface area contributed by atoms with Crippen molar-refractivity contribution in [2.45, 2.75) is 24.9 Å². The highest BCUT2D eigenvalue weighted by molar-refractivity contribution is 6.07. The molecule has 2 aromatic rings. The molecular formula is C27H33N3O5. The van der Waals surface area contributed by atoms with Crippen molar-refractivity contribution in [2.75, 3.05) is 47.7 Å². The van der Waals surface area contributed by atoms with Gasteiger partial charge in [0.1, 0.15) is 23.8 Å². The summed E-state index contributed by atoms with van der Waals surface area (Å²) in [5.74, 6) is 1.35. The topological polar surface area (TPSA) is 71.6 Å². The molecule has 2 heterocycles. The highest BCUT2D eigenvalue weighted by Crippen LogP contribution is 2.38. The van der Waals surface area contributed by atoms with E-state index in [-0.39, 0.29) is 25.2 Å². The molecule has 1 spiro atoms. The molecule has 4 rings (SSSR count).